The molecule has 1 rings (SSSR count). The summed E-state index contributed by atoms with van der Waals surface area (Å²) in [6.45, 7) is 7.44. The summed E-state index contributed by atoms with van der Waals surface area (Å²) in [5.74, 6) is 0.477. The van der Waals surface area contributed by atoms with Crippen LogP contribution in [-0.4, -0.2) is 29.3 Å². The highest BCUT2D eigenvalue weighted by Gasteiger charge is 2.12. The van der Waals surface area contributed by atoms with Crippen molar-refractivity contribution >= 4 is 11.4 Å². The minimum absolute atomic E-state index is 0.205. The van der Waals surface area contributed by atoms with Crippen LogP contribution in [0.1, 0.15) is 27.2 Å². The lowest BCUT2D eigenvalue weighted by atomic mass is 10.0. The lowest BCUT2D eigenvalue weighted by molar-refractivity contribution is 0.267. The second-order valence-corrected chi connectivity index (χ2v) is 4.50. The van der Waals surface area contributed by atoms with Crippen molar-refractivity contribution in [2.75, 3.05) is 23.8 Å². The number of aromatic nitrogens is 1. The van der Waals surface area contributed by atoms with Gasteiger partial charge in [0.25, 0.3) is 0 Å². The Labute approximate surface area is 103 Å². The standard InChI is InChI=1S/C13H23N3O/c1-4-15-11-7-12(9-14-8-11)16-13(5-6-17)10(2)3/h7-10,13,15-17H,4-6H2,1-3H3. The van der Waals surface area contributed by atoms with Gasteiger partial charge >= 0.3 is 0 Å². The van der Waals surface area contributed by atoms with Crippen molar-refractivity contribution in [3.8, 4) is 0 Å². The summed E-state index contributed by atoms with van der Waals surface area (Å²) in [6, 6.07) is 2.32. The molecule has 0 fully saturated rings. The van der Waals surface area contributed by atoms with Crippen LogP contribution in [0.4, 0.5) is 11.4 Å². The molecule has 0 amide bonds. The van der Waals surface area contributed by atoms with Gasteiger partial charge in [-0.3, -0.25) is 4.98 Å². The number of pyridine rings is 1. The molecule has 1 heterocycles. The average molecular weight is 237 g/mol. The molecule has 0 saturated carbocycles. The summed E-state index contributed by atoms with van der Waals surface area (Å²) in [6.07, 6.45) is 4.38. The van der Waals surface area contributed by atoms with E-state index in [4.69, 9.17) is 5.11 Å². The second kappa shape index (κ2) is 7.12. The highest BCUT2D eigenvalue weighted by Crippen LogP contribution is 2.17. The summed E-state index contributed by atoms with van der Waals surface area (Å²) in [4.78, 5) is 4.19. The van der Waals surface area contributed by atoms with Crippen LogP contribution < -0.4 is 10.6 Å². The van der Waals surface area contributed by atoms with E-state index in [1.165, 1.54) is 0 Å². The SMILES string of the molecule is CCNc1cncc(NC(CCO)C(C)C)c1. The maximum absolute atomic E-state index is 9.03. The van der Waals surface area contributed by atoms with Crippen molar-refractivity contribution in [2.45, 2.75) is 33.2 Å². The molecule has 4 nitrogen and oxygen atoms in total. The molecule has 96 valence electrons. The first kappa shape index (κ1) is 13.8. The van der Waals surface area contributed by atoms with Crippen LogP contribution in [0.25, 0.3) is 0 Å². The Bertz CT molecular complexity index is 328. The zero-order chi connectivity index (χ0) is 12.7. The van der Waals surface area contributed by atoms with E-state index >= 15 is 0 Å². The van der Waals surface area contributed by atoms with Crippen molar-refractivity contribution < 1.29 is 5.11 Å². The smallest absolute Gasteiger partial charge is 0.0549 e. The predicted octanol–water partition coefficient (Wildman–Crippen LogP) is 2.33. The van der Waals surface area contributed by atoms with Crippen molar-refractivity contribution in [2.24, 2.45) is 5.92 Å². The quantitative estimate of drug-likeness (QED) is 0.681. The van der Waals surface area contributed by atoms with E-state index in [9.17, 15) is 0 Å². The number of nitrogens with one attached hydrogen (secondary N) is 2. The predicted molar refractivity (Wildman–Crippen MR) is 72.4 cm³/mol. The Hall–Kier alpha value is -1.29. The van der Waals surface area contributed by atoms with Crippen molar-refractivity contribution in [1.29, 1.82) is 0 Å². The van der Waals surface area contributed by atoms with Gasteiger partial charge in [0, 0.05) is 19.2 Å². The largest absolute Gasteiger partial charge is 0.396 e. The molecule has 0 aliphatic heterocycles. The molecule has 0 aliphatic carbocycles. The van der Waals surface area contributed by atoms with Gasteiger partial charge in [0.2, 0.25) is 0 Å². The highest BCUT2D eigenvalue weighted by molar-refractivity contribution is 5.54. The van der Waals surface area contributed by atoms with E-state index in [1.807, 2.05) is 18.5 Å². The maximum Gasteiger partial charge on any atom is 0.0549 e. The van der Waals surface area contributed by atoms with Crippen molar-refractivity contribution in [1.82, 2.24) is 4.98 Å². The molecule has 1 atom stereocenters. The molecule has 4 heteroatoms. The van der Waals surface area contributed by atoms with Gasteiger partial charge in [0.1, 0.15) is 0 Å². The van der Waals surface area contributed by atoms with E-state index in [-0.39, 0.29) is 12.6 Å². The Balaban J connectivity index is 2.68. The molecule has 0 radical (unpaired) electrons. The summed E-state index contributed by atoms with van der Waals surface area (Å²) in [7, 11) is 0. The molecule has 1 unspecified atom stereocenters. The van der Waals surface area contributed by atoms with Gasteiger partial charge < -0.3 is 15.7 Å². The van der Waals surface area contributed by atoms with Gasteiger partial charge in [0.05, 0.1) is 23.8 Å². The van der Waals surface area contributed by atoms with Crippen LogP contribution in [0.5, 0.6) is 0 Å². The van der Waals surface area contributed by atoms with E-state index in [2.05, 4.69) is 36.4 Å². The van der Waals surface area contributed by atoms with Gasteiger partial charge in [-0.05, 0) is 25.3 Å². The zero-order valence-corrected chi connectivity index (χ0v) is 10.9. The normalized spacial score (nSPS) is 12.5. The molecule has 1 aromatic rings. The van der Waals surface area contributed by atoms with Gasteiger partial charge in [0.15, 0.2) is 0 Å². The molecule has 0 saturated heterocycles. The van der Waals surface area contributed by atoms with Crippen molar-refractivity contribution in [3.63, 3.8) is 0 Å². The molecule has 0 spiro atoms. The minimum atomic E-state index is 0.205. The van der Waals surface area contributed by atoms with Crippen LogP contribution in [0.2, 0.25) is 0 Å². The lowest BCUT2D eigenvalue weighted by Gasteiger charge is -2.22. The number of aliphatic hydroxyl groups excluding tert-OH is 1. The number of hydrogen-bond donors (Lipinski definition) is 3. The Morgan fingerprint density at radius 3 is 2.59 bits per heavy atom. The Morgan fingerprint density at radius 1 is 1.29 bits per heavy atom. The van der Waals surface area contributed by atoms with Crippen LogP contribution in [0.3, 0.4) is 0 Å². The van der Waals surface area contributed by atoms with Gasteiger partial charge in [-0.2, -0.15) is 0 Å². The van der Waals surface area contributed by atoms with Crippen molar-refractivity contribution in [3.05, 3.63) is 18.5 Å². The van der Waals surface area contributed by atoms with Gasteiger partial charge in [-0.1, -0.05) is 13.8 Å². The van der Waals surface area contributed by atoms with Crippen LogP contribution >= 0.6 is 0 Å². The number of nitrogens with zero attached hydrogens (tertiary/aromatic N) is 1. The van der Waals surface area contributed by atoms with Crippen LogP contribution in [-0.2, 0) is 0 Å². The fourth-order valence-electron chi connectivity index (χ4n) is 1.74. The first-order valence-corrected chi connectivity index (χ1v) is 6.23. The summed E-state index contributed by atoms with van der Waals surface area (Å²) >= 11 is 0. The summed E-state index contributed by atoms with van der Waals surface area (Å²) in [5.41, 5.74) is 2.01. The first-order valence-electron chi connectivity index (χ1n) is 6.23. The van der Waals surface area contributed by atoms with E-state index in [0.717, 1.165) is 24.3 Å². The first-order chi connectivity index (χ1) is 8.17. The molecule has 1 aromatic heterocycles. The molecular weight excluding hydrogens is 214 g/mol. The molecule has 0 bridgehead atoms. The molecule has 0 aromatic carbocycles. The highest BCUT2D eigenvalue weighted by atomic mass is 16.3. The number of hydrogen-bond acceptors (Lipinski definition) is 4. The summed E-state index contributed by atoms with van der Waals surface area (Å²) in [5, 5.41) is 15.7. The third-order valence-electron chi connectivity index (χ3n) is 2.72. The van der Waals surface area contributed by atoms with E-state index < -0.39 is 0 Å². The van der Waals surface area contributed by atoms with Gasteiger partial charge in [-0.15, -0.1) is 0 Å². The Kier molecular flexibility index (Phi) is 5.77. The topological polar surface area (TPSA) is 57.2 Å². The summed E-state index contributed by atoms with van der Waals surface area (Å²) < 4.78 is 0. The third-order valence-corrected chi connectivity index (χ3v) is 2.72. The number of anilines is 2. The lowest BCUT2D eigenvalue weighted by Crippen LogP contribution is -2.26. The molecule has 17 heavy (non-hydrogen) atoms. The number of rotatable bonds is 7. The minimum Gasteiger partial charge on any atom is -0.396 e. The molecule has 0 aliphatic rings. The van der Waals surface area contributed by atoms with Gasteiger partial charge in [-0.25, -0.2) is 0 Å². The second-order valence-electron chi connectivity index (χ2n) is 4.50. The maximum atomic E-state index is 9.03. The fraction of sp³-hybridized carbons (Fsp3) is 0.615. The van der Waals surface area contributed by atoms with Crippen LogP contribution in [0.15, 0.2) is 18.5 Å². The van der Waals surface area contributed by atoms with E-state index in [1.54, 1.807) is 0 Å². The van der Waals surface area contributed by atoms with Crippen LogP contribution in [0, 0.1) is 5.92 Å². The Morgan fingerprint density at radius 2 is 2.00 bits per heavy atom. The van der Waals surface area contributed by atoms with E-state index in [0.29, 0.717) is 5.92 Å². The average Bonchev–Trinajstić information content (AvgIpc) is 2.29. The molecule has 3 N–H and O–H groups in total. The molecular formula is C13H23N3O. The monoisotopic (exact) mass is 237 g/mol. The number of aliphatic hydroxyl groups is 1. The zero-order valence-electron chi connectivity index (χ0n) is 10.9. The fourth-order valence-corrected chi connectivity index (χ4v) is 1.74. The third kappa shape index (κ3) is 4.61.